The lowest BCUT2D eigenvalue weighted by molar-refractivity contribution is -0.0343. The molecule has 1 N–H and O–H groups in total. The van der Waals surface area contributed by atoms with Crippen molar-refractivity contribution in [2.75, 3.05) is 39.8 Å². The lowest BCUT2D eigenvalue weighted by atomic mass is 9.81. The van der Waals surface area contributed by atoms with Gasteiger partial charge in [0.25, 0.3) is 5.91 Å². The number of ether oxygens (including phenoxy) is 3. The van der Waals surface area contributed by atoms with Crippen LogP contribution in [0, 0.1) is 17.8 Å². The Kier molecular flexibility index (Phi) is 11.6. The fourth-order valence-electron chi connectivity index (χ4n) is 7.02. The molecule has 2 bridgehead atoms. The molecule has 0 spiro atoms. The topological polar surface area (TPSA) is 114 Å². The first-order chi connectivity index (χ1) is 24.8. The highest BCUT2D eigenvalue weighted by atomic mass is 16.6. The van der Waals surface area contributed by atoms with Gasteiger partial charge in [0, 0.05) is 30.6 Å². The summed E-state index contributed by atoms with van der Waals surface area (Å²) in [6.07, 6.45) is 10.7. The monoisotopic (exact) mass is 691 g/mol. The van der Waals surface area contributed by atoms with Gasteiger partial charge in [0.1, 0.15) is 31.4 Å². The van der Waals surface area contributed by atoms with Gasteiger partial charge >= 0.3 is 12.1 Å². The van der Waals surface area contributed by atoms with Gasteiger partial charge in [-0.25, -0.2) is 9.59 Å². The van der Waals surface area contributed by atoms with Crippen LogP contribution in [0.1, 0.15) is 68.0 Å². The van der Waals surface area contributed by atoms with E-state index in [4.69, 9.17) is 14.2 Å². The van der Waals surface area contributed by atoms with E-state index in [1.54, 1.807) is 37.4 Å². The van der Waals surface area contributed by atoms with Crippen LogP contribution < -0.4 is 10.1 Å². The molecular weight excluding hydrogens is 646 g/mol. The summed E-state index contributed by atoms with van der Waals surface area (Å²) in [7, 11) is 1.61. The van der Waals surface area contributed by atoms with Gasteiger partial charge < -0.3 is 24.4 Å². The van der Waals surface area contributed by atoms with Crippen molar-refractivity contribution < 1.29 is 33.4 Å². The van der Waals surface area contributed by atoms with Gasteiger partial charge in [0.15, 0.2) is 0 Å². The van der Waals surface area contributed by atoms with Gasteiger partial charge in [0.2, 0.25) is 0 Å². The maximum atomic E-state index is 13.3. The molecule has 10 heteroatoms. The Morgan fingerprint density at radius 1 is 0.961 bits per heavy atom. The van der Waals surface area contributed by atoms with Crippen LogP contribution >= 0.6 is 0 Å². The molecule has 0 radical (unpaired) electrons. The zero-order chi connectivity index (χ0) is 35.7. The smallest absolute Gasteiger partial charge is 0.407 e. The summed E-state index contributed by atoms with van der Waals surface area (Å²) in [6.45, 7) is 5.62. The van der Waals surface area contributed by atoms with Crippen molar-refractivity contribution in [1.29, 1.82) is 0 Å². The Labute approximate surface area is 299 Å². The average Bonchev–Trinajstić information content (AvgIpc) is 3.17. The first-order valence-corrected chi connectivity index (χ1v) is 17.6. The molecular formula is C41H45N3O7. The minimum absolute atomic E-state index is 0.0225. The summed E-state index contributed by atoms with van der Waals surface area (Å²) in [4.78, 5) is 53.5. The Bertz CT molecular complexity index is 1760. The van der Waals surface area contributed by atoms with Crippen molar-refractivity contribution in [3.63, 3.8) is 0 Å². The lowest BCUT2D eigenvalue weighted by Gasteiger charge is -2.44. The molecule has 0 saturated carbocycles. The highest BCUT2D eigenvalue weighted by Crippen LogP contribution is 2.35. The molecule has 3 aromatic carbocycles. The first-order valence-electron chi connectivity index (χ1n) is 17.6. The predicted molar refractivity (Wildman–Crippen MR) is 193 cm³/mol. The summed E-state index contributed by atoms with van der Waals surface area (Å²) in [6, 6.07) is 20.9. The van der Waals surface area contributed by atoms with E-state index in [1.807, 2.05) is 48.6 Å². The van der Waals surface area contributed by atoms with Gasteiger partial charge in [-0.2, -0.15) is 0 Å². The second-order valence-electron chi connectivity index (χ2n) is 13.6. The minimum atomic E-state index is -0.495. The van der Waals surface area contributed by atoms with E-state index >= 15 is 0 Å². The summed E-state index contributed by atoms with van der Waals surface area (Å²) >= 11 is 0. The molecule has 3 aliphatic heterocycles. The summed E-state index contributed by atoms with van der Waals surface area (Å²) in [5.74, 6) is 0.576. The Morgan fingerprint density at radius 3 is 2.45 bits per heavy atom. The van der Waals surface area contributed by atoms with Gasteiger partial charge in [-0.3, -0.25) is 14.5 Å². The standard InChI is InChI=1S/C41H45N3O7/c1-28-7-3-4-12-36(28)38(42-41(48)51-37-25-44-19-17-31(37)18-20-44)33-9-6-11-35(24-33)50-27-29-13-15-32(16-14-29)40(47)49-22-21-43(2)39(46)34-10-5-8-30(23-34)26-45/h3-16,23-24,26,28,31,36-38H,17-22,25,27H2,1-2H3,(H,42,48)/t28?,36?,37?,38-/m1/s1. The third-order valence-electron chi connectivity index (χ3n) is 10.1. The number of hydrogen-bond donors (Lipinski definition) is 1. The molecule has 7 rings (SSSR count). The number of nitrogens with zero attached hydrogens (tertiary/aromatic N) is 2. The third kappa shape index (κ3) is 9.12. The largest absolute Gasteiger partial charge is 0.489 e. The molecule has 4 atom stereocenters. The average molecular weight is 692 g/mol. The summed E-state index contributed by atoms with van der Waals surface area (Å²) in [5, 5.41) is 3.20. The van der Waals surface area contributed by atoms with Crippen LogP contribution in [0.15, 0.2) is 97.1 Å². The van der Waals surface area contributed by atoms with E-state index in [9.17, 15) is 19.2 Å². The van der Waals surface area contributed by atoms with E-state index in [-0.39, 0.29) is 55.7 Å². The highest BCUT2D eigenvalue weighted by molar-refractivity contribution is 5.95. The van der Waals surface area contributed by atoms with E-state index in [0.29, 0.717) is 34.6 Å². The van der Waals surface area contributed by atoms with Gasteiger partial charge in [-0.05, 0) is 85.3 Å². The van der Waals surface area contributed by atoms with Crippen LogP contribution in [0.3, 0.4) is 0 Å². The normalized spacial score (nSPS) is 22.4. The summed E-state index contributed by atoms with van der Waals surface area (Å²) < 4.78 is 17.6. The fourth-order valence-corrected chi connectivity index (χ4v) is 7.02. The van der Waals surface area contributed by atoms with Crippen molar-refractivity contribution in [1.82, 2.24) is 15.1 Å². The maximum absolute atomic E-state index is 13.3. The van der Waals surface area contributed by atoms with Crippen molar-refractivity contribution in [2.45, 2.75) is 38.5 Å². The molecule has 51 heavy (non-hydrogen) atoms. The Morgan fingerprint density at radius 2 is 1.73 bits per heavy atom. The minimum Gasteiger partial charge on any atom is -0.489 e. The Hall–Kier alpha value is -5.22. The highest BCUT2D eigenvalue weighted by Gasteiger charge is 2.37. The van der Waals surface area contributed by atoms with E-state index in [0.717, 1.165) is 43.6 Å². The van der Waals surface area contributed by atoms with Crippen LogP contribution in [-0.4, -0.2) is 80.0 Å². The van der Waals surface area contributed by atoms with Gasteiger partial charge in [-0.15, -0.1) is 0 Å². The number of likely N-dealkylation sites (N-methyl/N-ethyl adjacent to an activating group) is 1. The number of benzene rings is 3. The molecule has 3 unspecified atom stereocenters. The molecule has 0 aromatic heterocycles. The molecule has 4 aliphatic rings. The lowest BCUT2D eigenvalue weighted by Crippen LogP contribution is -2.53. The van der Waals surface area contributed by atoms with Crippen LogP contribution in [0.25, 0.3) is 0 Å². The number of carbonyl (C=O) groups excluding carboxylic acids is 4. The van der Waals surface area contributed by atoms with Crippen molar-refractivity contribution in [2.24, 2.45) is 17.8 Å². The molecule has 3 fully saturated rings. The second-order valence-corrected chi connectivity index (χ2v) is 13.6. The Balaban J connectivity index is 1.02. The van der Waals surface area contributed by atoms with E-state index < -0.39 is 5.97 Å². The maximum Gasteiger partial charge on any atom is 0.407 e. The molecule has 266 valence electrons. The third-order valence-corrected chi connectivity index (χ3v) is 10.1. The van der Waals surface area contributed by atoms with Crippen LogP contribution in [0.2, 0.25) is 0 Å². The molecule has 3 aromatic rings. The number of alkyl carbamates (subject to hydrolysis) is 1. The number of rotatable bonds is 13. The molecule has 2 amide bonds. The van der Waals surface area contributed by atoms with Crippen molar-refractivity contribution in [3.8, 4) is 5.75 Å². The van der Waals surface area contributed by atoms with E-state index in [2.05, 4.69) is 29.3 Å². The number of nitrogens with one attached hydrogen (secondary N) is 1. The zero-order valence-electron chi connectivity index (χ0n) is 29.1. The van der Waals surface area contributed by atoms with Crippen molar-refractivity contribution in [3.05, 3.63) is 125 Å². The number of hydrogen-bond acceptors (Lipinski definition) is 8. The van der Waals surface area contributed by atoms with Crippen molar-refractivity contribution >= 4 is 24.3 Å². The molecule has 3 saturated heterocycles. The van der Waals surface area contributed by atoms with Gasteiger partial charge in [-0.1, -0.05) is 67.6 Å². The van der Waals surface area contributed by atoms with Crippen LogP contribution in [0.4, 0.5) is 4.79 Å². The quantitative estimate of drug-likeness (QED) is 0.165. The molecule has 1 aliphatic carbocycles. The number of amides is 2. The molecule has 10 nitrogen and oxygen atoms in total. The number of allylic oxidation sites excluding steroid dienone is 3. The predicted octanol–water partition coefficient (Wildman–Crippen LogP) is 6.25. The second kappa shape index (κ2) is 16.7. The first kappa shape index (κ1) is 35.6. The number of piperidine rings is 3. The SMILES string of the molecule is CC1C=CC=CC1[C@H](NC(=O)OC1CN2CCC1CC2)c1cccc(OCc2ccc(C(=O)OCCN(C)C(=O)c3cccc(C=O)c3)cc2)c1. The molecule has 3 heterocycles. The van der Waals surface area contributed by atoms with Gasteiger partial charge in [0.05, 0.1) is 18.2 Å². The summed E-state index contributed by atoms with van der Waals surface area (Å²) in [5.41, 5.74) is 2.99. The van der Waals surface area contributed by atoms with Crippen LogP contribution in [-0.2, 0) is 16.1 Å². The number of esters is 1. The number of fused-ring (bicyclic) bond motifs is 3. The zero-order valence-corrected chi connectivity index (χ0v) is 29.1. The number of carbonyl (C=O) groups is 4. The van der Waals surface area contributed by atoms with Crippen LogP contribution in [0.5, 0.6) is 5.75 Å². The number of aldehydes is 1. The van der Waals surface area contributed by atoms with E-state index in [1.165, 1.54) is 11.0 Å². The fraction of sp³-hybridized carbons (Fsp3) is 0.366.